The number of nitrogens with zero attached hydrogens (tertiary/aromatic N) is 2. The molecule has 3 aromatic rings. The molecule has 162 valence electrons. The Bertz CT molecular complexity index is 1160. The fourth-order valence-corrected chi connectivity index (χ4v) is 4.56. The molecule has 31 heavy (non-hydrogen) atoms. The number of aryl methyl sites for hydroxylation is 1. The summed E-state index contributed by atoms with van der Waals surface area (Å²) < 4.78 is 39.2. The van der Waals surface area contributed by atoms with Gasteiger partial charge in [-0.1, -0.05) is 23.2 Å². The van der Waals surface area contributed by atoms with E-state index in [9.17, 15) is 13.2 Å². The molecule has 0 radical (unpaired) electrons. The summed E-state index contributed by atoms with van der Waals surface area (Å²) >= 11 is 15.0. The Labute approximate surface area is 195 Å². The van der Waals surface area contributed by atoms with Crippen LogP contribution in [0.1, 0.15) is 16.9 Å². The zero-order valence-electron chi connectivity index (χ0n) is 16.3. The Morgan fingerprint density at radius 2 is 1.94 bits per heavy atom. The first-order valence-electron chi connectivity index (χ1n) is 8.87. The number of thiophene rings is 1. The molecular formula is C21H16Cl2F3N3S2. The van der Waals surface area contributed by atoms with E-state index in [2.05, 4.69) is 9.98 Å². The fraction of sp³-hybridized carbons (Fsp3) is 0.190. The van der Waals surface area contributed by atoms with Crippen LogP contribution in [0.3, 0.4) is 0 Å². The summed E-state index contributed by atoms with van der Waals surface area (Å²) in [6, 6.07) is 10.1. The second kappa shape index (κ2) is 9.73. The van der Waals surface area contributed by atoms with Crippen molar-refractivity contribution in [2.24, 2.45) is 4.99 Å². The Morgan fingerprint density at radius 1 is 1.19 bits per heavy atom. The number of halogens is 5. The number of benzene rings is 1. The molecule has 10 heteroatoms. The molecule has 2 heterocycles. The number of aliphatic imine (C=N–C) groups is 1. The second-order valence-electron chi connectivity index (χ2n) is 6.52. The maximum Gasteiger partial charge on any atom is 0.429 e. The van der Waals surface area contributed by atoms with Crippen LogP contribution in [0.15, 0.2) is 52.6 Å². The summed E-state index contributed by atoms with van der Waals surface area (Å²) in [5, 5.41) is 8.98. The van der Waals surface area contributed by atoms with Crippen LogP contribution in [0.2, 0.25) is 10.0 Å². The lowest BCUT2D eigenvalue weighted by atomic mass is 10.1. The van der Waals surface area contributed by atoms with Crippen molar-refractivity contribution in [3.8, 4) is 10.4 Å². The molecule has 0 amide bonds. The van der Waals surface area contributed by atoms with E-state index in [4.69, 9.17) is 28.6 Å². The van der Waals surface area contributed by atoms with E-state index in [0.29, 0.717) is 9.90 Å². The Hall–Kier alpha value is -1.87. The van der Waals surface area contributed by atoms with Gasteiger partial charge in [0.1, 0.15) is 5.71 Å². The molecule has 0 aliphatic heterocycles. The molecule has 0 saturated heterocycles. The highest BCUT2D eigenvalue weighted by atomic mass is 35.5. The summed E-state index contributed by atoms with van der Waals surface area (Å²) in [6.07, 6.45) is -1.75. The Morgan fingerprint density at radius 3 is 2.58 bits per heavy atom. The van der Waals surface area contributed by atoms with Crippen LogP contribution < -0.4 is 0 Å². The Kier molecular flexibility index (Phi) is 7.47. The molecule has 0 unspecified atom stereocenters. The number of rotatable bonds is 6. The molecular weight excluding hydrogens is 486 g/mol. The molecule has 3 rings (SSSR count). The van der Waals surface area contributed by atoms with Gasteiger partial charge in [0.05, 0.1) is 21.4 Å². The minimum atomic E-state index is -4.74. The van der Waals surface area contributed by atoms with Crippen LogP contribution in [-0.4, -0.2) is 28.8 Å². The third-order valence-corrected chi connectivity index (χ3v) is 6.80. The van der Waals surface area contributed by atoms with Crippen LogP contribution in [0, 0.1) is 12.3 Å². The monoisotopic (exact) mass is 501 g/mol. The number of alkyl halides is 3. The van der Waals surface area contributed by atoms with Gasteiger partial charge in [-0.3, -0.25) is 0 Å². The van der Waals surface area contributed by atoms with Crippen LogP contribution in [0.4, 0.5) is 18.9 Å². The zero-order valence-corrected chi connectivity index (χ0v) is 19.5. The topological polar surface area (TPSA) is 49.1 Å². The lowest BCUT2D eigenvalue weighted by Gasteiger charge is -2.10. The van der Waals surface area contributed by atoms with E-state index in [1.54, 1.807) is 30.1 Å². The van der Waals surface area contributed by atoms with Crippen molar-refractivity contribution >= 4 is 63.4 Å². The highest BCUT2D eigenvalue weighted by molar-refractivity contribution is 7.98. The summed E-state index contributed by atoms with van der Waals surface area (Å²) in [5.41, 5.74) is 0.821. The fourth-order valence-electron chi connectivity index (χ4n) is 2.73. The number of nitrogens with one attached hydrogen (secondary N) is 1. The van der Waals surface area contributed by atoms with Gasteiger partial charge in [0.25, 0.3) is 0 Å². The molecule has 0 fully saturated rings. The molecule has 0 aliphatic carbocycles. The van der Waals surface area contributed by atoms with E-state index in [1.165, 1.54) is 23.5 Å². The molecule has 1 aromatic carbocycles. The minimum Gasteiger partial charge on any atom is -0.300 e. The third-order valence-electron chi connectivity index (χ3n) is 4.25. The average molecular weight is 502 g/mol. The van der Waals surface area contributed by atoms with Crippen LogP contribution in [-0.2, 0) is 0 Å². The predicted octanol–water partition coefficient (Wildman–Crippen LogP) is 8.24. The van der Waals surface area contributed by atoms with Crippen molar-refractivity contribution in [1.82, 2.24) is 4.98 Å². The average Bonchev–Trinajstić information content (AvgIpc) is 3.19. The lowest BCUT2D eigenvalue weighted by molar-refractivity contribution is -0.0605. The molecule has 0 aliphatic rings. The van der Waals surface area contributed by atoms with E-state index in [1.807, 2.05) is 25.3 Å². The molecule has 1 N–H and O–H groups in total. The summed E-state index contributed by atoms with van der Waals surface area (Å²) in [6.45, 7) is 1.95. The molecule has 0 spiro atoms. The highest BCUT2D eigenvalue weighted by Gasteiger charge is 2.35. The van der Waals surface area contributed by atoms with Gasteiger partial charge >= 0.3 is 6.18 Å². The van der Waals surface area contributed by atoms with Crippen molar-refractivity contribution in [1.29, 1.82) is 5.41 Å². The quantitative estimate of drug-likeness (QED) is 0.273. The third kappa shape index (κ3) is 5.88. The summed E-state index contributed by atoms with van der Waals surface area (Å²) in [4.78, 5) is 10.1. The number of hydrogen-bond acceptors (Lipinski definition) is 5. The van der Waals surface area contributed by atoms with Crippen LogP contribution in [0.5, 0.6) is 0 Å². The van der Waals surface area contributed by atoms with Gasteiger partial charge in [0.15, 0.2) is 0 Å². The first-order chi connectivity index (χ1) is 14.6. The maximum absolute atomic E-state index is 13.1. The van der Waals surface area contributed by atoms with Gasteiger partial charge in [-0.2, -0.15) is 13.2 Å². The Balaban J connectivity index is 2.04. The van der Waals surface area contributed by atoms with Crippen molar-refractivity contribution in [2.75, 3.05) is 6.26 Å². The van der Waals surface area contributed by atoms with Crippen molar-refractivity contribution < 1.29 is 13.2 Å². The molecule has 0 bridgehead atoms. The summed E-state index contributed by atoms with van der Waals surface area (Å²) in [5.74, 6) is 0. The predicted molar refractivity (Wildman–Crippen MR) is 125 cm³/mol. The van der Waals surface area contributed by atoms with E-state index in [-0.39, 0.29) is 16.4 Å². The molecule has 3 nitrogen and oxygen atoms in total. The smallest absolute Gasteiger partial charge is 0.300 e. The SMILES string of the molecule is CSc1ncc(-c2ccc(C(CC(=N)C(F)(F)F)=Nc3cc(Cl)ccc3Cl)s2)cc1C. The van der Waals surface area contributed by atoms with Gasteiger partial charge in [0.2, 0.25) is 0 Å². The normalized spacial score (nSPS) is 12.3. The number of thioether (sulfide) groups is 1. The number of pyridine rings is 1. The first-order valence-corrected chi connectivity index (χ1v) is 11.7. The standard InChI is InChI=1S/C21H16Cl2F3N3S2/c1-11-7-12(10-28-20(11)30-2)17-5-6-18(31-17)16(9-19(27)21(24,25)26)29-15-8-13(22)3-4-14(15)23/h3-8,10,27H,9H2,1-2H3. The van der Waals surface area contributed by atoms with Crippen molar-refractivity contribution in [2.45, 2.75) is 24.5 Å². The van der Waals surface area contributed by atoms with E-state index in [0.717, 1.165) is 21.0 Å². The molecule has 2 aromatic heterocycles. The minimum absolute atomic E-state index is 0.0909. The van der Waals surface area contributed by atoms with Gasteiger partial charge in [0, 0.05) is 33.0 Å². The maximum atomic E-state index is 13.1. The largest absolute Gasteiger partial charge is 0.429 e. The lowest BCUT2D eigenvalue weighted by Crippen LogP contribution is -2.24. The second-order valence-corrected chi connectivity index (χ2v) is 9.24. The molecule has 0 atom stereocenters. The molecule has 0 saturated carbocycles. The highest BCUT2D eigenvalue weighted by Crippen LogP contribution is 2.34. The summed E-state index contributed by atoms with van der Waals surface area (Å²) in [7, 11) is 0. The van der Waals surface area contributed by atoms with Gasteiger partial charge in [-0.15, -0.1) is 23.1 Å². The number of aromatic nitrogens is 1. The first kappa shape index (κ1) is 23.8. The van der Waals surface area contributed by atoms with Gasteiger partial charge in [-0.25, -0.2) is 9.98 Å². The van der Waals surface area contributed by atoms with E-state index < -0.39 is 18.3 Å². The number of hydrogen-bond donors (Lipinski definition) is 1. The van der Waals surface area contributed by atoms with Crippen LogP contribution in [0.25, 0.3) is 10.4 Å². The van der Waals surface area contributed by atoms with Crippen molar-refractivity contribution in [3.05, 3.63) is 63.1 Å². The zero-order chi connectivity index (χ0) is 22.8. The van der Waals surface area contributed by atoms with E-state index >= 15 is 0 Å². The van der Waals surface area contributed by atoms with Crippen molar-refractivity contribution in [3.63, 3.8) is 0 Å². The van der Waals surface area contributed by atoms with Crippen LogP contribution >= 0.6 is 46.3 Å². The van der Waals surface area contributed by atoms with Gasteiger partial charge < -0.3 is 5.41 Å². The van der Waals surface area contributed by atoms with Gasteiger partial charge in [-0.05, 0) is 55.1 Å².